The van der Waals surface area contributed by atoms with Gasteiger partial charge in [0.15, 0.2) is 0 Å². The minimum Gasteiger partial charge on any atom is -0.456 e. The highest BCUT2D eigenvalue weighted by Crippen LogP contribution is 2.44. The van der Waals surface area contributed by atoms with Crippen LogP contribution in [0, 0.1) is 0 Å². The third-order valence-electron chi connectivity index (χ3n) is 7.35. The van der Waals surface area contributed by atoms with Crippen molar-refractivity contribution in [1.82, 2.24) is 9.38 Å². The van der Waals surface area contributed by atoms with Crippen molar-refractivity contribution in [3.05, 3.63) is 97.1 Å². The van der Waals surface area contributed by atoms with Gasteiger partial charge in [0.25, 0.3) is 0 Å². The van der Waals surface area contributed by atoms with Crippen molar-refractivity contribution in [2.45, 2.75) is 0 Å². The van der Waals surface area contributed by atoms with E-state index in [0.717, 1.165) is 44.1 Å². The van der Waals surface area contributed by atoms with Crippen LogP contribution in [0.25, 0.3) is 80.5 Å². The minimum absolute atomic E-state index is 0.916. The van der Waals surface area contributed by atoms with Crippen LogP contribution in [0.4, 0.5) is 0 Å². The summed E-state index contributed by atoms with van der Waals surface area (Å²) < 4.78 is 11.2. The van der Waals surface area contributed by atoms with Gasteiger partial charge in [-0.15, -0.1) is 11.3 Å². The molecule has 0 saturated carbocycles. The van der Waals surface area contributed by atoms with Gasteiger partial charge in [0.2, 0.25) is 0 Å². The number of hydrogen-bond acceptors (Lipinski definition) is 3. The van der Waals surface area contributed by atoms with Crippen LogP contribution in [0.5, 0.6) is 0 Å². The highest BCUT2D eigenvalue weighted by molar-refractivity contribution is 7.26. The zero-order valence-electron chi connectivity index (χ0n) is 18.4. The fraction of sp³-hybridized carbons (Fsp3) is 0. The maximum atomic E-state index is 6.31. The summed E-state index contributed by atoms with van der Waals surface area (Å²) in [5.41, 5.74) is 6.13. The Hall–Kier alpha value is -4.41. The first-order valence-corrected chi connectivity index (χ1v) is 12.5. The molecule has 0 saturated heterocycles. The van der Waals surface area contributed by atoms with Gasteiger partial charge in [-0.1, -0.05) is 54.6 Å². The fourth-order valence-electron chi connectivity index (χ4n) is 5.87. The van der Waals surface area contributed by atoms with Crippen molar-refractivity contribution in [1.29, 1.82) is 0 Å². The molecule has 0 unspecified atom stereocenters. The number of nitrogens with zero attached hydrogens (tertiary/aromatic N) is 2. The van der Waals surface area contributed by atoms with Crippen molar-refractivity contribution in [3.63, 3.8) is 0 Å². The van der Waals surface area contributed by atoms with Gasteiger partial charge in [-0.25, -0.2) is 4.98 Å². The van der Waals surface area contributed by atoms with E-state index in [1.807, 2.05) is 23.5 Å². The summed E-state index contributed by atoms with van der Waals surface area (Å²) >= 11 is 1.85. The van der Waals surface area contributed by atoms with Crippen LogP contribution in [0.3, 0.4) is 0 Å². The molecule has 0 amide bonds. The number of fused-ring (bicyclic) bond motifs is 15. The average Bonchev–Trinajstić information content (AvgIpc) is 3.58. The lowest BCUT2D eigenvalue weighted by Gasteiger charge is -2.11. The lowest BCUT2D eigenvalue weighted by molar-refractivity contribution is 0.669. The van der Waals surface area contributed by atoms with Gasteiger partial charge in [-0.3, -0.25) is 4.40 Å². The third kappa shape index (κ3) is 2.18. The first-order valence-electron chi connectivity index (χ1n) is 11.7. The molecule has 9 rings (SSSR count). The maximum Gasteiger partial charge on any atom is 0.147 e. The summed E-state index contributed by atoms with van der Waals surface area (Å²) in [6.07, 6.45) is 0. The third-order valence-corrected chi connectivity index (χ3v) is 8.49. The zero-order valence-corrected chi connectivity index (χ0v) is 19.3. The van der Waals surface area contributed by atoms with E-state index in [4.69, 9.17) is 9.40 Å². The van der Waals surface area contributed by atoms with Gasteiger partial charge in [0.05, 0.1) is 16.6 Å². The van der Waals surface area contributed by atoms with E-state index in [9.17, 15) is 0 Å². The largest absolute Gasteiger partial charge is 0.456 e. The number of hydrogen-bond donors (Lipinski definition) is 0. The smallest absolute Gasteiger partial charge is 0.147 e. The molecule has 5 aromatic carbocycles. The van der Waals surface area contributed by atoms with Crippen LogP contribution in [0.1, 0.15) is 0 Å². The Morgan fingerprint density at radius 3 is 2.37 bits per heavy atom. The second-order valence-electron chi connectivity index (χ2n) is 9.18. The molecule has 0 N–H and O–H groups in total. The summed E-state index contributed by atoms with van der Waals surface area (Å²) in [5.74, 6) is 0. The number of furan rings is 1. The van der Waals surface area contributed by atoms with Crippen molar-refractivity contribution < 1.29 is 4.42 Å². The second kappa shape index (κ2) is 6.17. The quantitative estimate of drug-likeness (QED) is 0.210. The van der Waals surface area contributed by atoms with Crippen molar-refractivity contribution in [2.75, 3.05) is 0 Å². The van der Waals surface area contributed by atoms with Crippen LogP contribution in [-0.2, 0) is 0 Å². The predicted octanol–water partition coefficient (Wildman–Crippen LogP) is 9.06. The first kappa shape index (κ1) is 18.0. The standard InChI is InChI=1S/C31H16N2OS/c1-5-11-25-17(7-1)21-15-24-20(16-26(21)34-25)18-13-14-28-29(19-8-2-6-12-27(19)35-28)30(18)31-32-22-9-3-4-10-23(22)33(24)31/h1-16H. The van der Waals surface area contributed by atoms with E-state index in [0.29, 0.717) is 0 Å². The SMILES string of the molecule is c1ccc2c(c1)nc1c3c(ccc4sc5ccccc5c43)c3cc4oc5ccccc5c4cc3n21. The number of aromatic nitrogens is 2. The number of pyridine rings is 1. The Balaban J connectivity index is 1.65. The first-order chi connectivity index (χ1) is 17.3. The molecule has 162 valence electrons. The molecule has 4 aromatic heterocycles. The molecule has 9 aromatic rings. The molecule has 0 fully saturated rings. The number of rotatable bonds is 0. The molecule has 0 spiro atoms. The Bertz CT molecular complexity index is 2330. The van der Waals surface area contributed by atoms with Gasteiger partial charge in [-0.2, -0.15) is 0 Å². The van der Waals surface area contributed by atoms with E-state index in [2.05, 4.69) is 89.3 Å². The van der Waals surface area contributed by atoms with Crippen LogP contribution in [-0.4, -0.2) is 9.38 Å². The van der Waals surface area contributed by atoms with E-state index in [-0.39, 0.29) is 0 Å². The van der Waals surface area contributed by atoms with Gasteiger partial charge in [0, 0.05) is 41.7 Å². The summed E-state index contributed by atoms with van der Waals surface area (Å²) in [7, 11) is 0. The van der Waals surface area contributed by atoms with Gasteiger partial charge in [-0.05, 0) is 47.9 Å². The Labute approximate surface area is 202 Å². The molecule has 0 aliphatic carbocycles. The Morgan fingerprint density at radius 1 is 0.571 bits per heavy atom. The van der Waals surface area contributed by atoms with Gasteiger partial charge >= 0.3 is 0 Å². The molecule has 0 atom stereocenters. The number of thiophene rings is 1. The summed E-state index contributed by atoms with van der Waals surface area (Å²) in [6, 6.07) is 34.5. The van der Waals surface area contributed by atoms with Crippen LogP contribution in [0.15, 0.2) is 101 Å². The molecule has 0 aliphatic heterocycles. The molecule has 0 bridgehead atoms. The van der Waals surface area contributed by atoms with Crippen LogP contribution < -0.4 is 0 Å². The summed E-state index contributed by atoms with van der Waals surface area (Å²) in [4.78, 5) is 5.20. The lowest BCUT2D eigenvalue weighted by Crippen LogP contribution is -1.92. The average molecular weight is 465 g/mol. The highest BCUT2D eigenvalue weighted by atomic mass is 32.1. The molecular formula is C31H16N2OS. The topological polar surface area (TPSA) is 30.4 Å². The number of imidazole rings is 1. The molecule has 35 heavy (non-hydrogen) atoms. The number of benzene rings is 5. The number of para-hydroxylation sites is 3. The van der Waals surface area contributed by atoms with Crippen LogP contribution in [0.2, 0.25) is 0 Å². The van der Waals surface area contributed by atoms with Gasteiger partial charge < -0.3 is 4.42 Å². The Morgan fingerprint density at radius 2 is 1.40 bits per heavy atom. The predicted molar refractivity (Wildman–Crippen MR) is 148 cm³/mol. The van der Waals surface area contributed by atoms with E-state index in [1.165, 1.54) is 36.3 Å². The van der Waals surface area contributed by atoms with Crippen LogP contribution >= 0.6 is 11.3 Å². The summed E-state index contributed by atoms with van der Waals surface area (Å²) in [6.45, 7) is 0. The minimum atomic E-state index is 0.916. The molecule has 4 heteroatoms. The molecule has 0 radical (unpaired) electrons. The van der Waals surface area contributed by atoms with Crippen molar-refractivity contribution >= 4 is 91.8 Å². The van der Waals surface area contributed by atoms with E-state index in [1.54, 1.807) is 0 Å². The lowest BCUT2D eigenvalue weighted by atomic mass is 10.00. The molecular weight excluding hydrogens is 448 g/mol. The monoisotopic (exact) mass is 464 g/mol. The Kier molecular flexibility index (Phi) is 3.17. The van der Waals surface area contributed by atoms with Crippen molar-refractivity contribution in [2.24, 2.45) is 0 Å². The highest BCUT2D eigenvalue weighted by Gasteiger charge is 2.19. The van der Waals surface area contributed by atoms with Gasteiger partial charge in [0.1, 0.15) is 16.8 Å². The molecule has 3 nitrogen and oxygen atoms in total. The van der Waals surface area contributed by atoms with Crippen molar-refractivity contribution in [3.8, 4) is 0 Å². The van der Waals surface area contributed by atoms with E-state index >= 15 is 0 Å². The second-order valence-corrected chi connectivity index (χ2v) is 10.3. The molecule has 4 heterocycles. The molecule has 0 aliphatic rings. The normalized spacial score (nSPS) is 12.6. The summed E-state index contributed by atoms with van der Waals surface area (Å²) in [5, 5.41) is 8.45. The fourth-order valence-corrected chi connectivity index (χ4v) is 6.99. The maximum absolute atomic E-state index is 6.31. The van der Waals surface area contributed by atoms with E-state index < -0.39 is 0 Å². The zero-order chi connectivity index (χ0) is 22.7.